The average Bonchev–Trinajstić information content (AvgIpc) is 2.48. The molecule has 0 spiro atoms. The monoisotopic (exact) mass is 269 g/mol. The van der Waals surface area contributed by atoms with E-state index in [1.165, 1.54) is 18.2 Å². The van der Waals surface area contributed by atoms with E-state index in [1.807, 2.05) is 19.1 Å². The molecular weight excluding hydrogens is 253 g/mol. The Bertz CT molecular complexity index is 605. The SMILES string of the molecule is CCN(Cc1ccncc1)Cc1cc(F)ccc1C#N. The van der Waals surface area contributed by atoms with Crippen molar-refractivity contribution in [2.24, 2.45) is 0 Å². The lowest BCUT2D eigenvalue weighted by molar-refractivity contribution is 0.271. The maximum atomic E-state index is 13.3. The van der Waals surface area contributed by atoms with Crippen molar-refractivity contribution >= 4 is 0 Å². The Morgan fingerprint density at radius 1 is 1.20 bits per heavy atom. The van der Waals surface area contributed by atoms with Crippen LogP contribution >= 0.6 is 0 Å². The van der Waals surface area contributed by atoms with E-state index in [0.29, 0.717) is 12.1 Å². The summed E-state index contributed by atoms with van der Waals surface area (Å²) in [6.07, 6.45) is 3.51. The van der Waals surface area contributed by atoms with E-state index in [1.54, 1.807) is 12.4 Å². The molecule has 0 bridgehead atoms. The molecule has 0 radical (unpaired) electrons. The van der Waals surface area contributed by atoms with Gasteiger partial charge in [-0.05, 0) is 48.0 Å². The van der Waals surface area contributed by atoms with Crippen LogP contribution < -0.4 is 0 Å². The number of nitriles is 1. The number of halogens is 1. The molecule has 20 heavy (non-hydrogen) atoms. The van der Waals surface area contributed by atoms with E-state index >= 15 is 0 Å². The van der Waals surface area contributed by atoms with Crippen LogP contribution in [0.25, 0.3) is 0 Å². The lowest BCUT2D eigenvalue weighted by atomic mass is 10.1. The van der Waals surface area contributed by atoms with E-state index in [4.69, 9.17) is 5.26 Å². The summed E-state index contributed by atoms with van der Waals surface area (Å²) in [5, 5.41) is 9.09. The summed E-state index contributed by atoms with van der Waals surface area (Å²) in [4.78, 5) is 6.15. The number of hydrogen-bond donors (Lipinski definition) is 0. The van der Waals surface area contributed by atoms with Gasteiger partial charge in [-0.1, -0.05) is 6.92 Å². The molecule has 2 aromatic rings. The van der Waals surface area contributed by atoms with E-state index in [0.717, 1.165) is 24.2 Å². The quantitative estimate of drug-likeness (QED) is 0.837. The minimum atomic E-state index is -0.307. The first-order valence-electron chi connectivity index (χ1n) is 6.52. The number of benzene rings is 1. The summed E-state index contributed by atoms with van der Waals surface area (Å²) in [5.74, 6) is -0.307. The Balaban J connectivity index is 2.14. The first kappa shape index (κ1) is 14.2. The standard InChI is InChI=1S/C16H16FN3/c1-2-20(11-13-5-7-19-8-6-13)12-15-9-16(17)4-3-14(15)10-18/h3-9H,2,11-12H2,1H3. The van der Waals surface area contributed by atoms with Gasteiger partial charge in [-0.2, -0.15) is 5.26 Å². The Morgan fingerprint density at radius 3 is 2.60 bits per heavy atom. The zero-order chi connectivity index (χ0) is 14.4. The highest BCUT2D eigenvalue weighted by atomic mass is 19.1. The van der Waals surface area contributed by atoms with Crippen LogP contribution in [0, 0.1) is 17.1 Å². The van der Waals surface area contributed by atoms with Gasteiger partial charge in [-0.15, -0.1) is 0 Å². The van der Waals surface area contributed by atoms with Crippen LogP contribution in [-0.4, -0.2) is 16.4 Å². The van der Waals surface area contributed by atoms with Crippen LogP contribution in [0.2, 0.25) is 0 Å². The number of nitrogens with zero attached hydrogens (tertiary/aromatic N) is 3. The molecule has 102 valence electrons. The summed E-state index contributed by atoms with van der Waals surface area (Å²) < 4.78 is 13.3. The van der Waals surface area contributed by atoms with Crippen molar-refractivity contribution in [2.45, 2.75) is 20.0 Å². The summed E-state index contributed by atoms with van der Waals surface area (Å²) in [6.45, 7) is 4.18. The molecule has 0 fully saturated rings. The average molecular weight is 269 g/mol. The smallest absolute Gasteiger partial charge is 0.123 e. The van der Waals surface area contributed by atoms with Gasteiger partial charge in [0.15, 0.2) is 0 Å². The van der Waals surface area contributed by atoms with Crippen LogP contribution in [0.3, 0.4) is 0 Å². The molecule has 0 aliphatic heterocycles. The van der Waals surface area contributed by atoms with Gasteiger partial charge >= 0.3 is 0 Å². The maximum Gasteiger partial charge on any atom is 0.123 e. The third-order valence-corrected chi connectivity index (χ3v) is 3.18. The molecule has 1 heterocycles. The van der Waals surface area contributed by atoms with Gasteiger partial charge in [-0.25, -0.2) is 4.39 Å². The van der Waals surface area contributed by atoms with Crippen molar-refractivity contribution in [1.29, 1.82) is 5.26 Å². The molecule has 1 aromatic carbocycles. The number of aromatic nitrogens is 1. The van der Waals surface area contributed by atoms with Crippen molar-refractivity contribution in [3.8, 4) is 6.07 Å². The number of pyridine rings is 1. The lowest BCUT2D eigenvalue weighted by Gasteiger charge is -2.21. The number of hydrogen-bond acceptors (Lipinski definition) is 3. The molecule has 0 amide bonds. The van der Waals surface area contributed by atoms with Gasteiger partial charge in [0.2, 0.25) is 0 Å². The predicted molar refractivity (Wildman–Crippen MR) is 75.1 cm³/mol. The fourth-order valence-corrected chi connectivity index (χ4v) is 2.07. The molecule has 3 nitrogen and oxygen atoms in total. The zero-order valence-corrected chi connectivity index (χ0v) is 11.4. The molecule has 4 heteroatoms. The third kappa shape index (κ3) is 3.62. The van der Waals surface area contributed by atoms with Crippen molar-refractivity contribution in [3.05, 3.63) is 65.2 Å². The molecule has 2 rings (SSSR count). The topological polar surface area (TPSA) is 39.9 Å². The van der Waals surface area contributed by atoms with E-state index < -0.39 is 0 Å². The maximum absolute atomic E-state index is 13.3. The minimum Gasteiger partial charge on any atom is -0.295 e. The van der Waals surface area contributed by atoms with E-state index in [2.05, 4.69) is 16.0 Å². The van der Waals surface area contributed by atoms with Gasteiger partial charge in [0, 0.05) is 25.5 Å². The lowest BCUT2D eigenvalue weighted by Crippen LogP contribution is -2.22. The summed E-state index contributed by atoms with van der Waals surface area (Å²) in [5.41, 5.74) is 2.40. The molecule has 0 aliphatic rings. The van der Waals surface area contributed by atoms with E-state index in [9.17, 15) is 4.39 Å². The highest BCUT2D eigenvalue weighted by Gasteiger charge is 2.09. The van der Waals surface area contributed by atoms with Crippen molar-refractivity contribution < 1.29 is 4.39 Å². The summed E-state index contributed by atoms with van der Waals surface area (Å²) in [6, 6.07) is 10.3. The van der Waals surface area contributed by atoms with Gasteiger partial charge in [0.05, 0.1) is 11.6 Å². The number of rotatable bonds is 5. The van der Waals surface area contributed by atoms with Crippen LogP contribution in [0.4, 0.5) is 4.39 Å². The minimum absolute atomic E-state index is 0.307. The molecule has 0 unspecified atom stereocenters. The van der Waals surface area contributed by atoms with Crippen LogP contribution in [0.5, 0.6) is 0 Å². The first-order chi connectivity index (χ1) is 9.72. The molecule has 0 saturated carbocycles. The molecule has 0 saturated heterocycles. The van der Waals surface area contributed by atoms with Crippen LogP contribution in [-0.2, 0) is 13.1 Å². The third-order valence-electron chi connectivity index (χ3n) is 3.18. The highest BCUT2D eigenvalue weighted by Crippen LogP contribution is 2.15. The molecular formula is C16H16FN3. The van der Waals surface area contributed by atoms with Gasteiger partial charge in [-0.3, -0.25) is 9.88 Å². The van der Waals surface area contributed by atoms with E-state index in [-0.39, 0.29) is 5.82 Å². The zero-order valence-electron chi connectivity index (χ0n) is 11.4. The Hall–Kier alpha value is -2.25. The van der Waals surface area contributed by atoms with Crippen molar-refractivity contribution in [3.63, 3.8) is 0 Å². The molecule has 0 aliphatic carbocycles. The van der Waals surface area contributed by atoms with Gasteiger partial charge in [0.1, 0.15) is 5.82 Å². The Kier molecular flexibility index (Phi) is 4.80. The van der Waals surface area contributed by atoms with Crippen molar-refractivity contribution in [1.82, 2.24) is 9.88 Å². The highest BCUT2D eigenvalue weighted by molar-refractivity contribution is 5.37. The Labute approximate surface area is 118 Å². The largest absolute Gasteiger partial charge is 0.295 e. The molecule has 1 aromatic heterocycles. The second-order valence-corrected chi connectivity index (χ2v) is 4.57. The van der Waals surface area contributed by atoms with Crippen molar-refractivity contribution in [2.75, 3.05) is 6.54 Å². The second-order valence-electron chi connectivity index (χ2n) is 4.57. The predicted octanol–water partition coefficient (Wildman–Crippen LogP) is 3.11. The molecule has 0 atom stereocenters. The fraction of sp³-hybridized carbons (Fsp3) is 0.250. The summed E-state index contributed by atoms with van der Waals surface area (Å²) >= 11 is 0. The second kappa shape index (κ2) is 6.78. The first-order valence-corrected chi connectivity index (χ1v) is 6.52. The normalized spacial score (nSPS) is 10.5. The van der Waals surface area contributed by atoms with Crippen LogP contribution in [0.1, 0.15) is 23.6 Å². The fourth-order valence-electron chi connectivity index (χ4n) is 2.07. The Morgan fingerprint density at radius 2 is 1.95 bits per heavy atom. The van der Waals surface area contributed by atoms with Gasteiger partial charge < -0.3 is 0 Å². The van der Waals surface area contributed by atoms with Crippen LogP contribution in [0.15, 0.2) is 42.7 Å². The summed E-state index contributed by atoms with van der Waals surface area (Å²) in [7, 11) is 0. The molecule has 0 N–H and O–H groups in total. The van der Waals surface area contributed by atoms with Gasteiger partial charge in [0.25, 0.3) is 0 Å².